The molecule has 29 nitrogen and oxygen atoms in total. The summed E-state index contributed by atoms with van der Waals surface area (Å²) in [4.78, 5) is 77.1. The van der Waals surface area contributed by atoms with E-state index in [1.165, 1.54) is 0 Å². The van der Waals surface area contributed by atoms with E-state index >= 15 is 0 Å². The van der Waals surface area contributed by atoms with Crippen LogP contribution in [0.4, 0.5) is 0 Å². The van der Waals surface area contributed by atoms with Crippen molar-refractivity contribution in [1.29, 1.82) is 0 Å². The largest absolute Gasteiger partial charge is 0.463 e. The Bertz CT molecular complexity index is 3310. The molecule has 4 fully saturated rings. The van der Waals surface area contributed by atoms with Crippen LogP contribution in [0.15, 0.2) is 143 Å². The molecule has 104 heavy (non-hydrogen) atoms. The minimum Gasteiger partial charge on any atom is -0.463 e. The number of carbonyl (C=O) groups excluding carboxylic acids is 6. The van der Waals surface area contributed by atoms with E-state index in [0.29, 0.717) is 11.1 Å². The number of aliphatic hydroxyl groups excluding tert-OH is 13. The Balaban J connectivity index is 0.000000375. The van der Waals surface area contributed by atoms with Gasteiger partial charge in [0, 0.05) is 12.8 Å². The number of carbonyl (C=O) groups is 6. The molecule has 0 radical (unpaired) electrons. The molecule has 0 spiro atoms. The van der Waals surface area contributed by atoms with Gasteiger partial charge in [0.2, 0.25) is 0 Å². The molecule has 0 aromatic carbocycles. The molecule has 6 aliphatic rings. The van der Waals surface area contributed by atoms with Gasteiger partial charge in [-0.15, -0.1) is 0 Å². The van der Waals surface area contributed by atoms with E-state index in [-0.39, 0.29) is 30.8 Å². The molecule has 2 aliphatic carbocycles. The molecule has 22 atom stereocenters. The number of allylic oxidation sites excluding steroid dienone is 20. The summed E-state index contributed by atoms with van der Waals surface area (Å²) in [5, 5.41) is 132. The fraction of sp³-hybridized carbons (Fsp3) is 0.600. The van der Waals surface area contributed by atoms with E-state index in [1.54, 1.807) is 26.8 Å². The van der Waals surface area contributed by atoms with Crippen LogP contribution in [0.25, 0.3) is 0 Å². The zero-order valence-electron chi connectivity index (χ0n) is 60.6. The van der Waals surface area contributed by atoms with Gasteiger partial charge in [0.15, 0.2) is 48.9 Å². The Morgan fingerprint density at radius 3 is 1.25 bits per heavy atom. The first-order valence-electron chi connectivity index (χ1n) is 34.4. The number of rotatable bonds is 28. The average molecular weight is 1470 g/mol. The number of hydrogen-bond acceptors (Lipinski definition) is 29. The molecule has 580 valence electrons. The molecule has 4 aliphatic heterocycles. The number of hydrogen-bond donors (Lipinski definition) is 13. The first kappa shape index (κ1) is 88.0. The van der Waals surface area contributed by atoms with Gasteiger partial charge in [-0.3, -0.25) is 28.8 Å². The van der Waals surface area contributed by atoms with Gasteiger partial charge in [0.1, 0.15) is 105 Å². The standard InChI is InChI=1S/C39H54O15.C36H52O14/c1-7-8-9-11-21(2)12-10-13-22(3)14-15-24-23(4)30(43)25(18-39(24,5)6)51-29(42)17-16-28(41)50-20-27-36(33(46)34(47)37(49)52-27)54-38-35(48)32(45)31(44)26(19-40)53-38;1-8-22-28(40)29(41)32(44)35(49-22)50-33-24(48-34(45)31(43)30(33)42)17-46-25(37)14-15-26(38)47-23-16-36(6,7)21(20(5)27(23)39)13-12-19(4)11-9-10-18(2)3/h7-15,25-27,31-38,40,44-49H,1,16-20H2,2-6H3;9-13,22-24,28-35,40-45H,2,8,14-17H2,1,3-7H3/b9-8+,12-10+,15-14+,21-11+,22-13+;10-9+,13-12+,19-11+. The van der Waals surface area contributed by atoms with E-state index in [4.69, 9.17) is 47.4 Å². The van der Waals surface area contributed by atoms with Crippen LogP contribution in [-0.4, -0.2) is 257 Å². The van der Waals surface area contributed by atoms with Crippen molar-refractivity contribution in [2.45, 2.75) is 256 Å². The molecule has 29 heteroatoms. The molecule has 0 saturated carbocycles. The molecule has 0 aromatic rings. The lowest BCUT2D eigenvalue weighted by Crippen LogP contribution is -2.64. The van der Waals surface area contributed by atoms with E-state index in [2.05, 4.69) is 13.2 Å². The van der Waals surface area contributed by atoms with Crippen LogP contribution in [0.1, 0.15) is 121 Å². The fourth-order valence-electron chi connectivity index (χ4n) is 12.2. The highest BCUT2D eigenvalue weighted by atomic mass is 16.7. The lowest BCUT2D eigenvalue weighted by Gasteiger charge is -2.45. The summed E-state index contributed by atoms with van der Waals surface area (Å²) in [6.07, 6.45) is -9.50. The monoisotopic (exact) mass is 1470 g/mol. The molecule has 22 unspecified atom stereocenters. The van der Waals surface area contributed by atoms with Crippen molar-refractivity contribution in [3.63, 3.8) is 0 Å². The first-order valence-corrected chi connectivity index (χ1v) is 34.4. The van der Waals surface area contributed by atoms with Gasteiger partial charge in [-0.2, -0.15) is 0 Å². The molecular formula is C75H106O29. The third-order valence-corrected chi connectivity index (χ3v) is 18.3. The molecule has 13 N–H and O–H groups in total. The maximum Gasteiger partial charge on any atom is 0.307 e. The third kappa shape index (κ3) is 24.4. The van der Waals surface area contributed by atoms with Crippen LogP contribution in [0.3, 0.4) is 0 Å². The molecular weight excluding hydrogens is 1360 g/mol. The predicted octanol–water partition coefficient (Wildman–Crippen LogP) is 2.12. The van der Waals surface area contributed by atoms with Crippen molar-refractivity contribution in [2.24, 2.45) is 10.8 Å². The first-order chi connectivity index (χ1) is 48.8. The second kappa shape index (κ2) is 40.3. The Kier molecular flexibility index (Phi) is 34.1. The summed E-state index contributed by atoms with van der Waals surface area (Å²) in [5.41, 5.74) is 5.46. The van der Waals surface area contributed by atoms with E-state index in [1.807, 2.05) is 134 Å². The molecule has 4 heterocycles. The second-order valence-electron chi connectivity index (χ2n) is 27.8. The highest BCUT2D eigenvalue weighted by molar-refractivity contribution is 6.02. The second-order valence-corrected chi connectivity index (χ2v) is 27.8. The molecule has 0 amide bonds. The minimum absolute atomic E-state index is 0.218. The zero-order chi connectivity index (χ0) is 77.8. The third-order valence-electron chi connectivity index (χ3n) is 18.3. The lowest BCUT2D eigenvalue weighted by atomic mass is 9.71. The number of ether oxygens (including phenoxy) is 10. The van der Waals surface area contributed by atoms with Gasteiger partial charge in [-0.05, 0) is 81.1 Å². The quantitative estimate of drug-likeness (QED) is 0.0303. The zero-order valence-corrected chi connectivity index (χ0v) is 60.6. The van der Waals surface area contributed by atoms with Gasteiger partial charge in [-0.25, -0.2) is 0 Å². The summed E-state index contributed by atoms with van der Waals surface area (Å²) in [6, 6.07) is 0. The van der Waals surface area contributed by atoms with Gasteiger partial charge in [0.25, 0.3) is 0 Å². The van der Waals surface area contributed by atoms with Crippen LogP contribution in [0.5, 0.6) is 0 Å². The minimum atomic E-state index is -1.93. The maximum atomic E-state index is 13.3. The Morgan fingerprint density at radius 2 is 0.856 bits per heavy atom. The molecule has 4 saturated heterocycles. The van der Waals surface area contributed by atoms with Gasteiger partial charge in [-0.1, -0.05) is 155 Å². The van der Waals surface area contributed by atoms with Gasteiger partial charge >= 0.3 is 23.9 Å². The summed E-state index contributed by atoms with van der Waals surface area (Å²) in [7, 11) is 0. The molecule has 6 rings (SSSR count). The van der Waals surface area contributed by atoms with Crippen LogP contribution < -0.4 is 0 Å². The smallest absolute Gasteiger partial charge is 0.307 e. The fourth-order valence-corrected chi connectivity index (χ4v) is 12.2. The summed E-state index contributed by atoms with van der Waals surface area (Å²) in [5.74, 6) is -4.07. The Labute approximate surface area is 605 Å². The van der Waals surface area contributed by atoms with Crippen molar-refractivity contribution in [3.8, 4) is 0 Å². The van der Waals surface area contributed by atoms with Crippen LogP contribution >= 0.6 is 0 Å². The average Bonchev–Trinajstić information content (AvgIpc) is 0.797. The lowest BCUT2D eigenvalue weighted by molar-refractivity contribution is -0.355. The van der Waals surface area contributed by atoms with Crippen LogP contribution in [0, 0.1) is 10.8 Å². The number of Topliss-reactive ketones (excluding diaryl/α,β-unsaturated/α-hetero) is 2. The van der Waals surface area contributed by atoms with E-state index in [0.717, 1.165) is 33.4 Å². The van der Waals surface area contributed by atoms with E-state index in [9.17, 15) is 95.2 Å². The highest BCUT2D eigenvalue weighted by Gasteiger charge is 2.53. The molecule has 0 aromatic heterocycles. The summed E-state index contributed by atoms with van der Waals surface area (Å²) >= 11 is 0. The number of aliphatic hydroxyl groups is 13. The van der Waals surface area contributed by atoms with Gasteiger partial charge < -0.3 is 114 Å². The topological polar surface area (TPSA) is 458 Å². The number of esters is 4. The van der Waals surface area contributed by atoms with Gasteiger partial charge in [0.05, 0.1) is 38.4 Å². The van der Waals surface area contributed by atoms with Crippen LogP contribution in [0.2, 0.25) is 0 Å². The van der Waals surface area contributed by atoms with Crippen molar-refractivity contribution >= 4 is 35.4 Å². The summed E-state index contributed by atoms with van der Waals surface area (Å²) in [6.45, 7) is 26.0. The Morgan fingerprint density at radius 1 is 0.481 bits per heavy atom. The van der Waals surface area contributed by atoms with Crippen molar-refractivity contribution in [1.82, 2.24) is 0 Å². The SMILES string of the molecule is C=C(C)/C=C/C=C(C)/C=C/C1=C(C)C(=O)C(OC(=O)CCC(=O)OCC2OC(O)C(O)C(O)C2OC2OC(CC)C(O)C(O)C2O)CC1(C)C.C=C/C=C/C=C(C)/C=C/C=C(C)/C=C/C1=C(C)C(=O)C(OC(=O)CCC(=O)OCC2OC(O)C(O)C(O)C2OC2OC(CO)C(O)C(O)C2O)CC1(C)C. The predicted molar refractivity (Wildman–Crippen MR) is 371 cm³/mol. The van der Waals surface area contributed by atoms with Crippen molar-refractivity contribution < 1.29 is 143 Å². The maximum absolute atomic E-state index is 13.3. The normalized spacial score (nSPS) is 34.4. The van der Waals surface area contributed by atoms with Crippen molar-refractivity contribution in [3.05, 3.63) is 143 Å². The van der Waals surface area contributed by atoms with Crippen molar-refractivity contribution in [2.75, 3.05) is 19.8 Å². The number of ketones is 2. The Hall–Kier alpha value is -6.66. The summed E-state index contributed by atoms with van der Waals surface area (Å²) < 4.78 is 53.9. The molecule has 0 bridgehead atoms. The highest BCUT2D eigenvalue weighted by Crippen LogP contribution is 2.43. The van der Waals surface area contributed by atoms with Crippen LogP contribution in [-0.2, 0) is 76.1 Å². The van der Waals surface area contributed by atoms with E-state index < -0.39 is 215 Å².